The zero-order valence-electron chi connectivity index (χ0n) is 6.30. The number of rotatable bonds is 2. The number of nitrogens with two attached hydrogens (primary N) is 1. The third-order valence-electron chi connectivity index (χ3n) is 1.49. The van der Waals surface area contributed by atoms with Crippen molar-refractivity contribution >= 4 is 34.6 Å². The predicted octanol–water partition coefficient (Wildman–Crippen LogP) is 2.02. The molecule has 0 saturated heterocycles. The molecule has 0 radical (unpaired) electrons. The van der Waals surface area contributed by atoms with Crippen molar-refractivity contribution in [2.45, 2.75) is 6.43 Å². The van der Waals surface area contributed by atoms with Crippen LogP contribution in [0.4, 0.5) is 14.5 Å². The summed E-state index contributed by atoms with van der Waals surface area (Å²) >= 11 is 1.65. The first kappa shape index (κ1) is 10.3. The Labute approximate surface area is 86.5 Å². The Morgan fingerprint density at radius 3 is 2.69 bits per heavy atom. The average molecular weight is 298 g/mol. The molecule has 3 nitrogen and oxygen atoms in total. The Morgan fingerprint density at radius 2 is 2.23 bits per heavy atom. The summed E-state index contributed by atoms with van der Waals surface area (Å²) in [4.78, 5) is 14.0. The van der Waals surface area contributed by atoms with Crippen LogP contribution in [0.2, 0.25) is 0 Å². The van der Waals surface area contributed by atoms with Crippen molar-refractivity contribution in [3.8, 4) is 0 Å². The highest BCUT2D eigenvalue weighted by molar-refractivity contribution is 14.1. The van der Waals surface area contributed by atoms with E-state index in [9.17, 15) is 13.6 Å². The lowest BCUT2D eigenvalue weighted by molar-refractivity contribution is 0.112. The van der Waals surface area contributed by atoms with Crippen LogP contribution in [0, 0.1) is 3.70 Å². The first-order chi connectivity index (χ1) is 6.07. The van der Waals surface area contributed by atoms with Crippen LogP contribution in [0.25, 0.3) is 0 Å². The third-order valence-corrected chi connectivity index (χ3v) is 2.35. The van der Waals surface area contributed by atoms with E-state index in [0.29, 0.717) is 6.29 Å². The van der Waals surface area contributed by atoms with Gasteiger partial charge in [0.15, 0.2) is 6.29 Å². The summed E-state index contributed by atoms with van der Waals surface area (Å²) in [6, 6.07) is 0. The van der Waals surface area contributed by atoms with Gasteiger partial charge < -0.3 is 5.73 Å². The van der Waals surface area contributed by atoms with Gasteiger partial charge in [-0.3, -0.25) is 4.79 Å². The second kappa shape index (κ2) is 3.95. The van der Waals surface area contributed by atoms with Crippen LogP contribution < -0.4 is 5.73 Å². The molecule has 13 heavy (non-hydrogen) atoms. The molecular formula is C7H5F2IN2O. The first-order valence-corrected chi connectivity index (χ1v) is 4.33. The number of carbonyl (C=O) groups excluding carboxylic acids is 1. The monoisotopic (exact) mass is 298 g/mol. The molecule has 0 aromatic carbocycles. The second-order valence-electron chi connectivity index (χ2n) is 2.25. The molecule has 0 spiro atoms. The number of aromatic nitrogens is 1. The molecule has 0 aliphatic rings. The van der Waals surface area contributed by atoms with Gasteiger partial charge in [0.05, 0.1) is 16.8 Å². The number of nitrogens with zero attached hydrogens (tertiary/aromatic N) is 1. The van der Waals surface area contributed by atoms with Crippen LogP contribution >= 0.6 is 22.6 Å². The van der Waals surface area contributed by atoms with E-state index >= 15 is 0 Å². The van der Waals surface area contributed by atoms with E-state index in [-0.39, 0.29) is 20.5 Å². The van der Waals surface area contributed by atoms with Crippen LogP contribution in [-0.4, -0.2) is 11.3 Å². The van der Waals surface area contributed by atoms with Crippen molar-refractivity contribution in [2.75, 3.05) is 5.73 Å². The van der Waals surface area contributed by atoms with Gasteiger partial charge in [0, 0.05) is 6.20 Å². The molecule has 1 aromatic rings. The predicted molar refractivity (Wildman–Crippen MR) is 51.7 cm³/mol. The lowest BCUT2D eigenvalue weighted by Gasteiger charge is -2.07. The summed E-state index contributed by atoms with van der Waals surface area (Å²) in [7, 11) is 0. The standard InChI is InChI=1S/C7H5F2IN2O/c8-6(9)4-5(11)3(2-13)1-12-7(4)10/h1-2,6H,(H2,11,12). The molecule has 0 aliphatic carbocycles. The van der Waals surface area contributed by atoms with Crippen LogP contribution in [0.15, 0.2) is 6.20 Å². The van der Waals surface area contributed by atoms with Crippen molar-refractivity contribution in [1.29, 1.82) is 0 Å². The molecule has 0 amide bonds. The van der Waals surface area contributed by atoms with Gasteiger partial charge in [-0.1, -0.05) is 0 Å². The van der Waals surface area contributed by atoms with Gasteiger partial charge >= 0.3 is 0 Å². The van der Waals surface area contributed by atoms with E-state index in [0.717, 1.165) is 0 Å². The number of alkyl halides is 2. The smallest absolute Gasteiger partial charge is 0.268 e. The number of hydrogen-bond donors (Lipinski definition) is 1. The summed E-state index contributed by atoms with van der Waals surface area (Å²) in [5.74, 6) is 0. The summed E-state index contributed by atoms with van der Waals surface area (Å²) in [5.41, 5.74) is 4.78. The first-order valence-electron chi connectivity index (χ1n) is 3.25. The van der Waals surface area contributed by atoms with Crippen molar-refractivity contribution < 1.29 is 13.6 Å². The molecule has 2 N–H and O–H groups in total. The second-order valence-corrected chi connectivity index (χ2v) is 3.27. The molecule has 0 atom stereocenters. The lowest BCUT2D eigenvalue weighted by Crippen LogP contribution is -2.04. The van der Waals surface area contributed by atoms with E-state index < -0.39 is 6.43 Å². The minimum atomic E-state index is -2.71. The molecule has 6 heteroatoms. The number of carbonyl (C=O) groups is 1. The fourth-order valence-electron chi connectivity index (χ4n) is 0.833. The molecule has 1 heterocycles. The van der Waals surface area contributed by atoms with Crippen molar-refractivity contribution in [1.82, 2.24) is 4.98 Å². The number of halogens is 3. The quantitative estimate of drug-likeness (QED) is 0.516. The lowest BCUT2D eigenvalue weighted by atomic mass is 10.2. The Kier molecular flexibility index (Phi) is 3.12. The molecule has 0 bridgehead atoms. The maximum Gasteiger partial charge on any atom is 0.268 e. The van der Waals surface area contributed by atoms with E-state index in [4.69, 9.17) is 5.73 Å². The van der Waals surface area contributed by atoms with E-state index in [1.165, 1.54) is 6.20 Å². The van der Waals surface area contributed by atoms with Crippen LogP contribution in [0.5, 0.6) is 0 Å². The van der Waals surface area contributed by atoms with Gasteiger partial charge in [-0.15, -0.1) is 0 Å². The Bertz CT molecular complexity index is 344. The number of nitrogen functional groups attached to an aromatic ring is 1. The summed E-state index contributed by atoms with van der Waals surface area (Å²) in [5, 5.41) is 0. The molecule has 0 saturated carbocycles. The van der Waals surface area contributed by atoms with E-state index in [2.05, 4.69) is 4.98 Å². The highest BCUT2D eigenvalue weighted by atomic mass is 127. The number of hydrogen-bond acceptors (Lipinski definition) is 3. The highest BCUT2D eigenvalue weighted by Gasteiger charge is 2.18. The number of aldehydes is 1. The average Bonchev–Trinajstić information content (AvgIpc) is 2.04. The van der Waals surface area contributed by atoms with Crippen molar-refractivity contribution in [3.05, 3.63) is 21.0 Å². The number of pyridine rings is 1. The molecule has 1 rings (SSSR count). The highest BCUT2D eigenvalue weighted by Crippen LogP contribution is 2.29. The Balaban J connectivity index is 3.38. The molecule has 1 aromatic heterocycles. The van der Waals surface area contributed by atoms with Gasteiger partial charge in [-0.05, 0) is 22.6 Å². The van der Waals surface area contributed by atoms with E-state index in [1.807, 2.05) is 0 Å². The molecule has 0 unspecified atom stereocenters. The van der Waals surface area contributed by atoms with Crippen LogP contribution in [0.1, 0.15) is 22.3 Å². The number of anilines is 1. The maximum absolute atomic E-state index is 12.4. The van der Waals surface area contributed by atoms with Gasteiger partial charge in [0.1, 0.15) is 3.70 Å². The van der Waals surface area contributed by atoms with Gasteiger partial charge in [-0.25, -0.2) is 13.8 Å². The summed E-state index contributed by atoms with van der Waals surface area (Å²) in [6.07, 6.45) is -1.13. The zero-order chi connectivity index (χ0) is 10.0. The minimum Gasteiger partial charge on any atom is -0.398 e. The molecule has 0 fully saturated rings. The van der Waals surface area contributed by atoms with Gasteiger partial charge in [0.25, 0.3) is 6.43 Å². The van der Waals surface area contributed by atoms with Gasteiger partial charge in [-0.2, -0.15) is 0 Å². The topological polar surface area (TPSA) is 56.0 Å². The maximum atomic E-state index is 12.4. The largest absolute Gasteiger partial charge is 0.398 e. The van der Waals surface area contributed by atoms with Crippen LogP contribution in [0.3, 0.4) is 0 Å². The Morgan fingerprint density at radius 1 is 1.62 bits per heavy atom. The molecule has 70 valence electrons. The third kappa shape index (κ3) is 1.93. The van der Waals surface area contributed by atoms with Crippen molar-refractivity contribution in [3.63, 3.8) is 0 Å². The SMILES string of the molecule is Nc1c(C=O)cnc(I)c1C(F)F. The van der Waals surface area contributed by atoms with Gasteiger partial charge in [0.2, 0.25) is 0 Å². The molecular weight excluding hydrogens is 293 g/mol. The normalized spacial score (nSPS) is 10.5. The summed E-state index contributed by atoms with van der Waals surface area (Å²) in [6.45, 7) is 0. The minimum absolute atomic E-state index is 0.00397. The fraction of sp³-hybridized carbons (Fsp3) is 0.143. The summed E-state index contributed by atoms with van der Waals surface area (Å²) < 4.78 is 24.8. The van der Waals surface area contributed by atoms with E-state index in [1.54, 1.807) is 22.6 Å². The zero-order valence-corrected chi connectivity index (χ0v) is 8.46. The fourth-order valence-corrected chi connectivity index (χ4v) is 1.50. The van der Waals surface area contributed by atoms with Crippen LogP contribution in [-0.2, 0) is 0 Å². The van der Waals surface area contributed by atoms with Crippen molar-refractivity contribution in [2.24, 2.45) is 0 Å². The molecule has 0 aliphatic heterocycles. The Hall–Kier alpha value is -0.790.